The summed E-state index contributed by atoms with van der Waals surface area (Å²) in [6, 6.07) is 1.65. The van der Waals surface area contributed by atoms with Crippen LogP contribution in [0.2, 0.25) is 0 Å². The first-order valence-electron chi connectivity index (χ1n) is 4.97. The van der Waals surface area contributed by atoms with Crippen molar-refractivity contribution in [2.24, 2.45) is 5.92 Å². The number of ether oxygens (including phenoxy) is 1. The van der Waals surface area contributed by atoms with Crippen LogP contribution >= 0.6 is 11.6 Å². The Morgan fingerprint density at radius 3 is 3.06 bits per heavy atom. The molecule has 16 heavy (non-hydrogen) atoms. The Morgan fingerprint density at radius 1 is 1.62 bits per heavy atom. The molecule has 0 radical (unpaired) electrons. The molecule has 6 heteroatoms. The second-order valence-electron chi connectivity index (χ2n) is 3.65. The molecule has 1 unspecified atom stereocenters. The quantitative estimate of drug-likeness (QED) is 0.743. The van der Waals surface area contributed by atoms with Gasteiger partial charge in [-0.1, -0.05) is 0 Å². The molecule has 1 aromatic rings. The van der Waals surface area contributed by atoms with Crippen LogP contribution in [0.5, 0.6) is 5.88 Å². The average Bonchev–Trinajstić information content (AvgIpc) is 2.71. The number of anilines is 1. The molecule has 0 saturated carbocycles. The Kier molecular flexibility index (Phi) is 3.24. The second-order valence-corrected chi connectivity index (χ2v) is 3.96. The summed E-state index contributed by atoms with van der Waals surface area (Å²) in [5, 5.41) is 0. The molecule has 5 nitrogen and oxygen atoms in total. The number of aromatic nitrogens is 2. The van der Waals surface area contributed by atoms with Crippen LogP contribution in [-0.4, -0.2) is 35.4 Å². The van der Waals surface area contributed by atoms with Crippen molar-refractivity contribution < 1.29 is 9.53 Å². The van der Waals surface area contributed by atoms with E-state index in [1.165, 1.54) is 13.4 Å². The first-order chi connectivity index (χ1) is 7.74. The molecule has 2 heterocycles. The van der Waals surface area contributed by atoms with Crippen molar-refractivity contribution in [3.05, 3.63) is 12.4 Å². The van der Waals surface area contributed by atoms with Crippen molar-refractivity contribution in [2.45, 2.75) is 6.42 Å². The van der Waals surface area contributed by atoms with Gasteiger partial charge in [-0.25, -0.2) is 9.97 Å². The fourth-order valence-corrected chi connectivity index (χ4v) is 1.90. The smallest absolute Gasteiger partial charge is 0.228 e. The Morgan fingerprint density at radius 2 is 2.44 bits per heavy atom. The minimum atomic E-state index is 0.0476. The molecule has 86 valence electrons. The van der Waals surface area contributed by atoms with Gasteiger partial charge in [0, 0.05) is 24.9 Å². The monoisotopic (exact) mass is 241 g/mol. The third-order valence-electron chi connectivity index (χ3n) is 2.54. The summed E-state index contributed by atoms with van der Waals surface area (Å²) in [5.41, 5.74) is 0. The van der Waals surface area contributed by atoms with E-state index in [4.69, 9.17) is 16.3 Å². The van der Waals surface area contributed by atoms with Crippen molar-refractivity contribution in [3.63, 3.8) is 0 Å². The number of halogens is 1. The van der Waals surface area contributed by atoms with Gasteiger partial charge in [0.05, 0.1) is 7.11 Å². The Hall–Kier alpha value is -1.36. The van der Waals surface area contributed by atoms with E-state index in [1.54, 1.807) is 11.0 Å². The molecule has 0 N–H and O–H groups in total. The summed E-state index contributed by atoms with van der Waals surface area (Å²) in [6.45, 7) is 0.614. The zero-order chi connectivity index (χ0) is 11.5. The van der Waals surface area contributed by atoms with Crippen LogP contribution in [0.3, 0.4) is 0 Å². The van der Waals surface area contributed by atoms with Crippen molar-refractivity contribution in [3.8, 4) is 5.88 Å². The van der Waals surface area contributed by atoms with Crippen LogP contribution in [-0.2, 0) is 4.79 Å². The molecule has 0 aromatic carbocycles. The van der Waals surface area contributed by atoms with E-state index in [0.29, 0.717) is 30.5 Å². The topological polar surface area (TPSA) is 55.3 Å². The number of methoxy groups -OCH3 is 1. The number of rotatable bonds is 3. The van der Waals surface area contributed by atoms with Gasteiger partial charge in [-0.3, -0.25) is 9.69 Å². The first kappa shape index (κ1) is 11.1. The molecule has 0 aliphatic carbocycles. The number of hydrogen-bond acceptors (Lipinski definition) is 4. The SMILES string of the molecule is COc1cc(N2CC(CCl)CC2=O)ncn1. The first-order valence-corrected chi connectivity index (χ1v) is 5.50. The van der Waals surface area contributed by atoms with Crippen LogP contribution in [0.15, 0.2) is 12.4 Å². The summed E-state index contributed by atoms with van der Waals surface area (Å²) < 4.78 is 4.99. The standard InChI is InChI=1S/C10H12ClN3O2/c1-16-9-3-8(12-6-13-9)14-5-7(4-11)2-10(14)15/h3,6-7H,2,4-5H2,1H3. The molecule has 0 spiro atoms. The normalized spacial score (nSPS) is 20.2. The minimum Gasteiger partial charge on any atom is -0.481 e. The number of hydrogen-bond donors (Lipinski definition) is 0. The summed E-state index contributed by atoms with van der Waals surface area (Å²) in [6.07, 6.45) is 1.87. The molecule has 1 saturated heterocycles. The van der Waals surface area contributed by atoms with Gasteiger partial charge in [-0.15, -0.1) is 11.6 Å². The zero-order valence-electron chi connectivity index (χ0n) is 8.89. The third kappa shape index (κ3) is 2.09. The van der Waals surface area contributed by atoms with Crippen LogP contribution in [0.4, 0.5) is 5.82 Å². The Bertz CT molecular complexity index is 399. The fourth-order valence-electron chi connectivity index (χ4n) is 1.70. The van der Waals surface area contributed by atoms with Crippen molar-refractivity contribution in [1.29, 1.82) is 0 Å². The highest BCUT2D eigenvalue weighted by Gasteiger charge is 2.30. The zero-order valence-corrected chi connectivity index (χ0v) is 9.65. The number of alkyl halides is 1. The van der Waals surface area contributed by atoms with Crippen molar-refractivity contribution in [1.82, 2.24) is 9.97 Å². The Labute approximate surface area is 98.4 Å². The summed E-state index contributed by atoms with van der Waals surface area (Å²) >= 11 is 5.75. The van der Waals surface area contributed by atoms with Crippen molar-refractivity contribution >= 4 is 23.3 Å². The van der Waals surface area contributed by atoms with Crippen LogP contribution in [0.1, 0.15) is 6.42 Å². The third-order valence-corrected chi connectivity index (χ3v) is 2.97. The van der Waals surface area contributed by atoms with E-state index in [1.807, 2.05) is 0 Å². The van der Waals surface area contributed by atoms with E-state index < -0.39 is 0 Å². The molecular weight excluding hydrogens is 230 g/mol. The lowest BCUT2D eigenvalue weighted by atomic mass is 10.1. The predicted octanol–water partition coefficient (Wildman–Crippen LogP) is 1.08. The number of nitrogens with zero attached hydrogens (tertiary/aromatic N) is 3. The summed E-state index contributed by atoms with van der Waals surface area (Å²) in [4.78, 5) is 21.3. The van der Waals surface area contributed by atoms with Crippen LogP contribution in [0.25, 0.3) is 0 Å². The fraction of sp³-hybridized carbons (Fsp3) is 0.500. The predicted molar refractivity (Wildman–Crippen MR) is 59.8 cm³/mol. The molecular formula is C10H12ClN3O2. The Balaban J connectivity index is 2.20. The average molecular weight is 242 g/mol. The maximum absolute atomic E-state index is 11.7. The highest BCUT2D eigenvalue weighted by molar-refractivity contribution is 6.18. The molecule has 1 aliphatic heterocycles. The van der Waals surface area contributed by atoms with Gasteiger partial charge in [-0.05, 0) is 5.92 Å². The molecule has 1 aromatic heterocycles. The van der Waals surface area contributed by atoms with Gasteiger partial charge in [0.15, 0.2) is 0 Å². The lowest BCUT2D eigenvalue weighted by molar-refractivity contribution is -0.117. The van der Waals surface area contributed by atoms with Crippen LogP contribution in [0, 0.1) is 5.92 Å². The van der Waals surface area contributed by atoms with E-state index in [9.17, 15) is 4.79 Å². The largest absolute Gasteiger partial charge is 0.481 e. The van der Waals surface area contributed by atoms with E-state index in [-0.39, 0.29) is 11.8 Å². The van der Waals surface area contributed by atoms with Gasteiger partial charge in [0.25, 0.3) is 0 Å². The van der Waals surface area contributed by atoms with Crippen LogP contribution < -0.4 is 9.64 Å². The minimum absolute atomic E-state index is 0.0476. The molecule has 1 amide bonds. The highest BCUT2D eigenvalue weighted by Crippen LogP contribution is 2.25. The van der Waals surface area contributed by atoms with E-state index >= 15 is 0 Å². The van der Waals surface area contributed by atoms with E-state index in [0.717, 1.165) is 0 Å². The van der Waals surface area contributed by atoms with Gasteiger partial charge < -0.3 is 4.74 Å². The number of carbonyl (C=O) groups excluding carboxylic acids is 1. The van der Waals surface area contributed by atoms with Crippen molar-refractivity contribution in [2.75, 3.05) is 24.4 Å². The lowest BCUT2D eigenvalue weighted by Gasteiger charge is -2.15. The number of carbonyl (C=O) groups is 1. The molecule has 2 rings (SSSR count). The van der Waals surface area contributed by atoms with Gasteiger partial charge in [-0.2, -0.15) is 0 Å². The molecule has 0 bridgehead atoms. The van der Waals surface area contributed by atoms with E-state index in [2.05, 4.69) is 9.97 Å². The summed E-state index contributed by atoms with van der Waals surface area (Å²) in [5.74, 6) is 1.77. The molecule has 1 fully saturated rings. The molecule has 1 atom stereocenters. The second kappa shape index (κ2) is 4.65. The maximum atomic E-state index is 11.7. The summed E-state index contributed by atoms with van der Waals surface area (Å²) in [7, 11) is 1.53. The van der Waals surface area contributed by atoms with Gasteiger partial charge >= 0.3 is 0 Å². The van der Waals surface area contributed by atoms with Gasteiger partial charge in [0.2, 0.25) is 11.8 Å². The maximum Gasteiger partial charge on any atom is 0.228 e. The lowest BCUT2D eigenvalue weighted by Crippen LogP contribution is -2.25. The van der Waals surface area contributed by atoms with Gasteiger partial charge in [0.1, 0.15) is 12.1 Å². The highest BCUT2D eigenvalue weighted by atomic mass is 35.5. The number of amides is 1. The molecule has 1 aliphatic rings.